The second-order valence-corrected chi connectivity index (χ2v) is 3.92. The molecule has 1 heterocycles. The third kappa shape index (κ3) is 2.12. The zero-order chi connectivity index (χ0) is 13.1. The third-order valence-electron chi connectivity index (χ3n) is 2.77. The van der Waals surface area contributed by atoms with Gasteiger partial charge in [0.05, 0.1) is 7.11 Å². The Labute approximate surface area is 105 Å². The number of aromatic nitrogens is 2. The van der Waals surface area contributed by atoms with Gasteiger partial charge < -0.3 is 0 Å². The first-order chi connectivity index (χ1) is 8.65. The molecule has 94 valence electrons. The van der Waals surface area contributed by atoms with Gasteiger partial charge in [0.25, 0.3) is 5.91 Å². The molecule has 0 aliphatic rings. The van der Waals surface area contributed by atoms with E-state index in [1.807, 2.05) is 37.3 Å². The lowest BCUT2D eigenvalue weighted by atomic mass is 10.0. The maximum Gasteiger partial charge on any atom is 0.298 e. The molecule has 5 nitrogen and oxygen atoms in total. The fraction of sp³-hybridized carbons (Fsp3) is 0.231. The highest BCUT2D eigenvalue weighted by Gasteiger charge is 2.21. The van der Waals surface area contributed by atoms with E-state index in [1.165, 1.54) is 7.11 Å². The average Bonchev–Trinajstić information content (AvgIpc) is 2.79. The Bertz CT molecular complexity index is 549. The van der Waals surface area contributed by atoms with E-state index in [0.717, 1.165) is 21.9 Å². The van der Waals surface area contributed by atoms with Gasteiger partial charge in [0.2, 0.25) is 0 Å². The van der Waals surface area contributed by atoms with Crippen molar-refractivity contribution < 1.29 is 9.63 Å². The number of hydroxylamine groups is 2. The number of rotatable bonds is 3. The number of carbonyl (C=O) groups excluding carboxylic acids is 1. The Kier molecular flexibility index (Phi) is 3.43. The van der Waals surface area contributed by atoms with Gasteiger partial charge in [0, 0.05) is 18.3 Å². The summed E-state index contributed by atoms with van der Waals surface area (Å²) >= 11 is 0. The van der Waals surface area contributed by atoms with Crippen molar-refractivity contribution in [1.29, 1.82) is 0 Å². The third-order valence-corrected chi connectivity index (χ3v) is 2.77. The van der Waals surface area contributed by atoms with Crippen LogP contribution in [0.25, 0.3) is 11.1 Å². The van der Waals surface area contributed by atoms with Crippen LogP contribution in [0.2, 0.25) is 0 Å². The predicted molar refractivity (Wildman–Crippen MR) is 67.9 cm³/mol. The Hall–Kier alpha value is -2.14. The van der Waals surface area contributed by atoms with Crippen molar-refractivity contribution in [2.24, 2.45) is 0 Å². The molecule has 0 fully saturated rings. The summed E-state index contributed by atoms with van der Waals surface area (Å²) in [5, 5.41) is 8.06. The first kappa shape index (κ1) is 12.3. The summed E-state index contributed by atoms with van der Waals surface area (Å²) in [6.07, 6.45) is 0. The lowest BCUT2D eigenvalue weighted by molar-refractivity contribution is -0.0760. The number of aromatic amines is 1. The van der Waals surface area contributed by atoms with Crippen molar-refractivity contribution in [2.45, 2.75) is 6.92 Å². The van der Waals surface area contributed by atoms with Crippen molar-refractivity contribution in [2.75, 3.05) is 14.2 Å². The normalized spacial score (nSPS) is 10.4. The number of amides is 1. The molecule has 0 spiro atoms. The highest BCUT2D eigenvalue weighted by Crippen LogP contribution is 2.26. The van der Waals surface area contributed by atoms with Crippen LogP contribution in [0.1, 0.15) is 16.2 Å². The fourth-order valence-electron chi connectivity index (χ4n) is 1.77. The van der Waals surface area contributed by atoms with Gasteiger partial charge in [0.1, 0.15) is 0 Å². The van der Waals surface area contributed by atoms with E-state index in [4.69, 9.17) is 4.84 Å². The molecular formula is C13H15N3O2. The predicted octanol–water partition coefficient (Wildman–Crippen LogP) is 2.02. The first-order valence-electron chi connectivity index (χ1n) is 5.57. The van der Waals surface area contributed by atoms with Crippen molar-refractivity contribution in [3.05, 3.63) is 41.7 Å². The van der Waals surface area contributed by atoms with Gasteiger partial charge in [-0.3, -0.25) is 14.7 Å². The van der Waals surface area contributed by atoms with E-state index in [2.05, 4.69) is 10.2 Å². The second kappa shape index (κ2) is 5.01. The monoisotopic (exact) mass is 245 g/mol. The van der Waals surface area contributed by atoms with Crippen LogP contribution in [0.4, 0.5) is 0 Å². The van der Waals surface area contributed by atoms with Crippen molar-refractivity contribution in [3.63, 3.8) is 0 Å². The summed E-state index contributed by atoms with van der Waals surface area (Å²) in [5.41, 5.74) is 2.98. The molecule has 2 rings (SSSR count). The number of nitrogens with one attached hydrogen (secondary N) is 1. The molecule has 0 saturated carbocycles. The molecule has 2 aromatic rings. The van der Waals surface area contributed by atoms with E-state index in [-0.39, 0.29) is 5.91 Å². The van der Waals surface area contributed by atoms with E-state index in [1.54, 1.807) is 7.05 Å². The van der Waals surface area contributed by atoms with Crippen molar-refractivity contribution in [1.82, 2.24) is 15.3 Å². The van der Waals surface area contributed by atoms with Gasteiger partial charge in [-0.25, -0.2) is 5.06 Å². The zero-order valence-corrected chi connectivity index (χ0v) is 10.6. The van der Waals surface area contributed by atoms with Crippen LogP contribution < -0.4 is 0 Å². The maximum atomic E-state index is 12.1. The largest absolute Gasteiger partial charge is 0.298 e. The smallest absolute Gasteiger partial charge is 0.281 e. The molecule has 1 amide bonds. The minimum atomic E-state index is -0.277. The topological polar surface area (TPSA) is 58.2 Å². The van der Waals surface area contributed by atoms with Crippen LogP contribution in [0.5, 0.6) is 0 Å². The molecule has 1 aromatic carbocycles. The van der Waals surface area contributed by atoms with Gasteiger partial charge in [-0.1, -0.05) is 30.3 Å². The molecule has 0 radical (unpaired) electrons. The van der Waals surface area contributed by atoms with Gasteiger partial charge in [0.15, 0.2) is 5.69 Å². The molecule has 1 N–H and O–H groups in total. The summed E-state index contributed by atoms with van der Waals surface area (Å²) < 4.78 is 0. The van der Waals surface area contributed by atoms with Crippen molar-refractivity contribution >= 4 is 5.91 Å². The molecule has 18 heavy (non-hydrogen) atoms. The van der Waals surface area contributed by atoms with Gasteiger partial charge in [-0.15, -0.1) is 0 Å². The van der Waals surface area contributed by atoms with Gasteiger partial charge in [-0.05, 0) is 12.5 Å². The van der Waals surface area contributed by atoms with Crippen LogP contribution in [0.15, 0.2) is 30.3 Å². The molecule has 0 unspecified atom stereocenters. The minimum absolute atomic E-state index is 0.277. The SMILES string of the molecule is CON(C)C(=O)c1n[nH]c(C)c1-c1ccccc1. The molecule has 0 bridgehead atoms. The number of carbonyl (C=O) groups is 1. The summed E-state index contributed by atoms with van der Waals surface area (Å²) in [6.45, 7) is 1.89. The van der Waals surface area contributed by atoms with E-state index >= 15 is 0 Å². The summed E-state index contributed by atoms with van der Waals surface area (Å²) in [5.74, 6) is -0.277. The van der Waals surface area contributed by atoms with E-state index < -0.39 is 0 Å². The Morgan fingerprint density at radius 1 is 1.33 bits per heavy atom. The van der Waals surface area contributed by atoms with Gasteiger partial charge >= 0.3 is 0 Å². The number of H-pyrrole nitrogens is 1. The lowest BCUT2D eigenvalue weighted by Crippen LogP contribution is -2.26. The van der Waals surface area contributed by atoms with E-state index in [0.29, 0.717) is 5.69 Å². The lowest BCUT2D eigenvalue weighted by Gasteiger charge is -2.13. The summed E-state index contributed by atoms with van der Waals surface area (Å²) in [4.78, 5) is 17.0. The number of nitrogens with zero attached hydrogens (tertiary/aromatic N) is 2. The van der Waals surface area contributed by atoms with Crippen LogP contribution in [-0.2, 0) is 4.84 Å². The van der Waals surface area contributed by atoms with Crippen LogP contribution >= 0.6 is 0 Å². The molecule has 1 aromatic heterocycles. The number of hydrogen-bond acceptors (Lipinski definition) is 3. The zero-order valence-electron chi connectivity index (χ0n) is 10.6. The molecule has 0 atom stereocenters. The maximum absolute atomic E-state index is 12.1. The molecule has 0 aliphatic heterocycles. The highest BCUT2D eigenvalue weighted by molar-refractivity contribution is 5.98. The number of hydrogen-bond donors (Lipinski definition) is 1. The Balaban J connectivity index is 2.49. The first-order valence-corrected chi connectivity index (χ1v) is 5.57. The quantitative estimate of drug-likeness (QED) is 0.842. The second-order valence-electron chi connectivity index (χ2n) is 3.92. The highest BCUT2D eigenvalue weighted by atomic mass is 16.7. The number of benzene rings is 1. The molecular weight excluding hydrogens is 230 g/mol. The fourth-order valence-corrected chi connectivity index (χ4v) is 1.77. The Morgan fingerprint density at radius 3 is 2.61 bits per heavy atom. The summed E-state index contributed by atoms with van der Waals surface area (Å²) in [6, 6.07) is 9.68. The Morgan fingerprint density at radius 2 is 2.00 bits per heavy atom. The molecule has 0 aliphatic carbocycles. The van der Waals surface area contributed by atoms with Crippen LogP contribution in [0.3, 0.4) is 0 Å². The molecule has 0 saturated heterocycles. The summed E-state index contributed by atoms with van der Waals surface area (Å²) in [7, 11) is 3.00. The average molecular weight is 245 g/mol. The minimum Gasteiger partial charge on any atom is -0.281 e. The van der Waals surface area contributed by atoms with Crippen molar-refractivity contribution in [3.8, 4) is 11.1 Å². The molecule has 5 heteroatoms. The standard InChI is InChI=1S/C13H15N3O2/c1-9-11(10-7-5-4-6-8-10)12(15-14-9)13(17)16(2)18-3/h4-8H,1-3H3,(H,14,15). The van der Waals surface area contributed by atoms with Crippen LogP contribution in [-0.4, -0.2) is 35.3 Å². The van der Waals surface area contributed by atoms with E-state index in [9.17, 15) is 4.79 Å². The van der Waals surface area contributed by atoms with Gasteiger partial charge in [-0.2, -0.15) is 5.10 Å². The number of aryl methyl sites for hydroxylation is 1. The van der Waals surface area contributed by atoms with Crippen LogP contribution in [0, 0.1) is 6.92 Å².